The molecular formula is C6H7Cl3O2. The molecule has 0 fully saturated rings. The topological polar surface area (TPSA) is 26.3 Å². The highest BCUT2D eigenvalue weighted by molar-refractivity contribution is 6.62. The third-order valence-corrected chi connectivity index (χ3v) is 1.57. The van der Waals surface area contributed by atoms with E-state index in [1.165, 1.54) is 0 Å². The molecule has 0 aromatic heterocycles. The minimum absolute atomic E-state index is 0.225. The van der Waals surface area contributed by atoms with E-state index in [2.05, 4.69) is 11.3 Å². The summed E-state index contributed by atoms with van der Waals surface area (Å²) in [7, 11) is 0. The van der Waals surface area contributed by atoms with Gasteiger partial charge in [0.1, 0.15) is 0 Å². The van der Waals surface area contributed by atoms with Gasteiger partial charge in [0.25, 0.3) is 4.52 Å². The molecule has 0 aliphatic carbocycles. The maximum absolute atomic E-state index is 10.9. The normalized spacial score (nSPS) is 11.3. The predicted octanol–water partition coefficient (Wildman–Crippen LogP) is 2.48. The van der Waals surface area contributed by atoms with E-state index >= 15 is 0 Å². The monoisotopic (exact) mass is 216 g/mol. The molecule has 2 nitrogen and oxygen atoms in total. The van der Waals surface area contributed by atoms with Crippen LogP contribution >= 0.6 is 34.8 Å². The Balaban J connectivity index is 4.29. The second-order valence-corrected chi connectivity index (χ2v) is 3.40. The molecule has 64 valence electrons. The van der Waals surface area contributed by atoms with Crippen LogP contribution < -0.4 is 0 Å². The molecule has 0 aromatic rings. The van der Waals surface area contributed by atoms with Crippen molar-refractivity contribution in [2.75, 3.05) is 6.61 Å². The van der Waals surface area contributed by atoms with Crippen LogP contribution in [0.1, 0.15) is 6.92 Å². The smallest absolute Gasteiger partial charge is 0.283 e. The number of hydrogen-bond acceptors (Lipinski definition) is 2. The van der Waals surface area contributed by atoms with Crippen molar-refractivity contribution in [1.82, 2.24) is 0 Å². The van der Waals surface area contributed by atoms with Crippen molar-refractivity contribution in [3.8, 4) is 0 Å². The molecule has 0 unspecified atom stereocenters. The van der Waals surface area contributed by atoms with Crippen LogP contribution in [0.2, 0.25) is 0 Å². The molecule has 0 saturated heterocycles. The van der Waals surface area contributed by atoms with Crippen molar-refractivity contribution in [1.29, 1.82) is 0 Å². The van der Waals surface area contributed by atoms with Gasteiger partial charge in [0.15, 0.2) is 0 Å². The summed E-state index contributed by atoms with van der Waals surface area (Å²) in [5, 5.41) is -0.247. The van der Waals surface area contributed by atoms with Gasteiger partial charge in [0.05, 0.1) is 5.03 Å². The van der Waals surface area contributed by atoms with Gasteiger partial charge in [-0.2, -0.15) is 0 Å². The van der Waals surface area contributed by atoms with Gasteiger partial charge < -0.3 is 4.74 Å². The summed E-state index contributed by atoms with van der Waals surface area (Å²) in [6.45, 7) is 5.05. The molecule has 0 bridgehead atoms. The summed E-state index contributed by atoms with van der Waals surface area (Å²) in [5.74, 6) is -0.732. The van der Waals surface area contributed by atoms with Crippen LogP contribution in [0.25, 0.3) is 0 Å². The van der Waals surface area contributed by atoms with Gasteiger partial charge in [-0.1, -0.05) is 41.4 Å². The Bertz CT molecular complexity index is 177. The maximum atomic E-state index is 10.9. The Morgan fingerprint density at radius 2 is 2.09 bits per heavy atom. The van der Waals surface area contributed by atoms with Crippen molar-refractivity contribution in [3.63, 3.8) is 0 Å². The number of hydrogen-bond donors (Lipinski definition) is 0. The summed E-state index contributed by atoms with van der Waals surface area (Å²) >= 11 is 16.1. The number of ketones is 1. The molecule has 11 heavy (non-hydrogen) atoms. The zero-order valence-corrected chi connectivity index (χ0v) is 8.13. The Labute approximate surface area is 80.1 Å². The molecule has 0 aliphatic heterocycles. The fourth-order valence-electron chi connectivity index (χ4n) is 0.405. The van der Waals surface area contributed by atoms with Crippen LogP contribution in [0.15, 0.2) is 11.6 Å². The molecule has 0 rings (SSSR count). The zero-order valence-electron chi connectivity index (χ0n) is 5.86. The van der Waals surface area contributed by atoms with Crippen LogP contribution in [-0.4, -0.2) is 16.9 Å². The van der Waals surface area contributed by atoms with Crippen LogP contribution in [0.5, 0.6) is 0 Å². The number of alkyl halides is 2. The fraction of sp³-hybridized carbons (Fsp3) is 0.500. The number of rotatable bonds is 4. The Kier molecular flexibility index (Phi) is 4.41. The Hall–Kier alpha value is 0.240. The van der Waals surface area contributed by atoms with Gasteiger partial charge >= 0.3 is 0 Å². The van der Waals surface area contributed by atoms with Crippen molar-refractivity contribution in [2.24, 2.45) is 0 Å². The summed E-state index contributed by atoms with van der Waals surface area (Å²) in [4.78, 5) is 10.9. The summed E-state index contributed by atoms with van der Waals surface area (Å²) < 4.78 is 2.79. The quantitative estimate of drug-likeness (QED) is 0.534. The van der Waals surface area contributed by atoms with E-state index in [1.807, 2.05) is 0 Å². The summed E-state index contributed by atoms with van der Waals surface area (Å²) in [6.07, 6.45) is 0. The predicted molar refractivity (Wildman–Crippen MR) is 46.1 cm³/mol. The number of Topliss-reactive ketones (excluding diaryl/α,β-unsaturated/α-hetero) is 1. The summed E-state index contributed by atoms with van der Waals surface area (Å²) in [5.41, 5.74) is 0. The third kappa shape index (κ3) is 3.43. The van der Waals surface area contributed by atoms with Gasteiger partial charge in [-0.3, -0.25) is 4.79 Å². The number of ether oxygens (including phenoxy) is 1. The molecule has 0 aromatic carbocycles. The SMILES string of the molecule is C=C(Cl)C(=O)C(Cl)(Cl)OCC. The molecule has 0 radical (unpaired) electrons. The van der Waals surface area contributed by atoms with E-state index in [4.69, 9.17) is 34.8 Å². The Morgan fingerprint density at radius 1 is 1.64 bits per heavy atom. The van der Waals surface area contributed by atoms with Crippen molar-refractivity contribution in [3.05, 3.63) is 11.6 Å². The first kappa shape index (κ1) is 11.2. The summed E-state index contributed by atoms with van der Waals surface area (Å²) in [6, 6.07) is 0. The average Bonchev–Trinajstić information content (AvgIpc) is 1.86. The molecule has 0 saturated carbocycles. The van der Waals surface area contributed by atoms with Crippen LogP contribution in [0, 0.1) is 0 Å². The number of halogens is 3. The second kappa shape index (κ2) is 4.31. The van der Waals surface area contributed by atoms with Gasteiger partial charge in [0.2, 0.25) is 5.78 Å². The highest BCUT2D eigenvalue weighted by Crippen LogP contribution is 2.27. The van der Waals surface area contributed by atoms with Crippen molar-refractivity contribution in [2.45, 2.75) is 11.4 Å². The van der Waals surface area contributed by atoms with Crippen molar-refractivity contribution >= 4 is 40.6 Å². The largest absolute Gasteiger partial charge is 0.341 e. The molecular weight excluding hydrogens is 210 g/mol. The van der Waals surface area contributed by atoms with Gasteiger partial charge in [-0.15, -0.1) is 0 Å². The molecule has 0 spiro atoms. The molecule has 0 amide bonds. The van der Waals surface area contributed by atoms with Gasteiger partial charge in [-0.25, -0.2) is 0 Å². The first-order valence-electron chi connectivity index (χ1n) is 2.82. The fourth-order valence-corrected chi connectivity index (χ4v) is 1.08. The first-order chi connectivity index (χ1) is 4.91. The van der Waals surface area contributed by atoms with E-state index in [0.29, 0.717) is 0 Å². The Morgan fingerprint density at radius 3 is 2.36 bits per heavy atom. The lowest BCUT2D eigenvalue weighted by Gasteiger charge is -2.16. The van der Waals surface area contributed by atoms with Crippen LogP contribution in [0.3, 0.4) is 0 Å². The minimum Gasteiger partial charge on any atom is -0.341 e. The maximum Gasteiger partial charge on any atom is 0.283 e. The average molecular weight is 217 g/mol. The van der Waals surface area contributed by atoms with E-state index < -0.39 is 10.3 Å². The second-order valence-electron chi connectivity index (χ2n) is 1.68. The highest BCUT2D eigenvalue weighted by atomic mass is 35.5. The van der Waals surface area contributed by atoms with E-state index in [0.717, 1.165) is 0 Å². The number of carbonyl (C=O) groups is 1. The lowest BCUT2D eigenvalue weighted by atomic mass is 10.4. The first-order valence-corrected chi connectivity index (χ1v) is 3.96. The molecule has 5 heteroatoms. The molecule has 0 heterocycles. The van der Waals surface area contributed by atoms with Gasteiger partial charge in [-0.05, 0) is 6.92 Å². The molecule has 0 N–H and O–H groups in total. The minimum atomic E-state index is -1.90. The lowest BCUT2D eigenvalue weighted by Crippen LogP contribution is -2.29. The van der Waals surface area contributed by atoms with E-state index in [-0.39, 0.29) is 11.6 Å². The lowest BCUT2D eigenvalue weighted by molar-refractivity contribution is -0.123. The van der Waals surface area contributed by atoms with Crippen LogP contribution in [0.4, 0.5) is 0 Å². The standard InChI is InChI=1S/C6H7Cl3O2/c1-3-11-6(8,9)5(10)4(2)7/h2-3H2,1H3. The zero-order chi connectivity index (χ0) is 9.07. The van der Waals surface area contributed by atoms with Crippen molar-refractivity contribution < 1.29 is 9.53 Å². The van der Waals surface area contributed by atoms with E-state index in [9.17, 15) is 4.79 Å². The van der Waals surface area contributed by atoms with E-state index in [1.54, 1.807) is 6.92 Å². The third-order valence-electron chi connectivity index (χ3n) is 0.836. The van der Waals surface area contributed by atoms with Crippen LogP contribution in [-0.2, 0) is 9.53 Å². The molecule has 0 atom stereocenters. The number of carbonyl (C=O) groups excluding carboxylic acids is 1. The van der Waals surface area contributed by atoms with Gasteiger partial charge in [0, 0.05) is 6.61 Å². The molecule has 0 aliphatic rings. The highest BCUT2D eigenvalue weighted by Gasteiger charge is 2.35.